The molecule has 0 aliphatic carbocycles. The van der Waals surface area contributed by atoms with E-state index in [1.807, 2.05) is 0 Å². The number of carbonyl (C=O) groups is 2. The second-order valence-corrected chi connectivity index (χ2v) is 8.26. The van der Waals surface area contributed by atoms with Crippen molar-refractivity contribution < 1.29 is 41.1 Å². The Hall–Kier alpha value is -3.96. The van der Waals surface area contributed by atoms with Gasteiger partial charge >= 0.3 is 12.3 Å². The van der Waals surface area contributed by atoms with Crippen LogP contribution < -0.4 is 5.32 Å². The van der Waals surface area contributed by atoms with Crippen molar-refractivity contribution in [2.75, 3.05) is 13.1 Å². The molecule has 0 atom stereocenters. The fraction of sp³-hybridized carbons (Fsp3) is 0.292. The third-order valence-electron chi connectivity index (χ3n) is 5.75. The summed E-state index contributed by atoms with van der Waals surface area (Å²) >= 11 is 0. The lowest BCUT2D eigenvalue weighted by Gasteiger charge is -2.31. The van der Waals surface area contributed by atoms with Gasteiger partial charge in [-0.1, -0.05) is 6.07 Å². The first-order chi connectivity index (χ1) is 16.9. The number of aromatic nitrogens is 1. The van der Waals surface area contributed by atoms with E-state index in [0.717, 1.165) is 6.07 Å². The van der Waals surface area contributed by atoms with E-state index in [-0.39, 0.29) is 53.5 Å². The van der Waals surface area contributed by atoms with Gasteiger partial charge in [-0.3, -0.25) is 9.78 Å². The highest BCUT2D eigenvalue weighted by molar-refractivity contribution is 5.94. The SMILES string of the molecule is O=C(O)NCc1ccc(-c2ccc(-c3ccc(C(=O)N4CCC(F)(F)CC4)cn3)cc2C(F)(F)F)o1. The number of hydrogen-bond donors (Lipinski definition) is 2. The third kappa shape index (κ3) is 5.64. The molecule has 3 heterocycles. The molecule has 2 N–H and O–H groups in total. The number of likely N-dealkylation sites (tertiary alicyclic amines) is 1. The molecule has 4 rings (SSSR count). The van der Waals surface area contributed by atoms with E-state index in [1.54, 1.807) is 0 Å². The Balaban J connectivity index is 1.57. The van der Waals surface area contributed by atoms with E-state index in [1.165, 1.54) is 47.5 Å². The summed E-state index contributed by atoms with van der Waals surface area (Å²) < 4.78 is 73.7. The van der Waals surface area contributed by atoms with Crippen molar-refractivity contribution in [2.45, 2.75) is 31.5 Å². The zero-order chi connectivity index (χ0) is 26.1. The summed E-state index contributed by atoms with van der Waals surface area (Å²) in [5.41, 5.74) is -0.749. The minimum Gasteiger partial charge on any atom is -0.465 e. The molecule has 0 radical (unpaired) electrons. The van der Waals surface area contributed by atoms with E-state index < -0.39 is 42.5 Å². The number of amides is 2. The maximum atomic E-state index is 13.9. The molecule has 0 bridgehead atoms. The Morgan fingerprint density at radius 2 is 1.81 bits per heavy atom. The maximum absolute atomic E-state index is 13.9. The first-order valence-electron chi connectivity index (χ1n) is 10.8. The van der Waals surface area contributed by atoms with Crippen molar-refractivity contribution in [3.63, 3.8) is 0 Å². The summed E-state index contributed by atoms with van der Waals surface area (Å²) in [6.45, 7) is -0.390. The van der Waals surface area contributed by atoms with Crippen LogP contribution in [0.4, 0.5) is 26.7 Å². The van der Waals surface area contributed by atoms with Crippen LogP contribution in [0.5, 0.6) is 0 Å². The molecule has 1 fully saturated rings. The van der Waals surface area contributed by atoms with Crippen LogP contribution in [0.3, 0.4) is 0 Å². The average molecular weight is 509 g/mol. The fourth-order valence-corrected chi connectivity index (χ4v) is 3.84. The molecule has 3 aromatic rings. The minimum atomic E-state index is -4.73. The molecule has 36 heavy (non-hydrogen) atoms. The molecule has 1 aromatic carbocycles. The second-order valence-electron chi connectivity index (χ2n) is 8.26. The van der Waals surface area contributed by atoms with E-state index in [0.29, 0.717) is 0 Å². The number of carbonyl (C=O) groups excluding carboxylic acids is 1. The van der Waals surface area contributed by atoms with Gasteiger partial charge in [0.1, 0.15) is 11.5 Å². The average Bonchev–Trinajstić information content (AvgIpc) is 3.30. The lowest BCUT2D eigenvalue weighted by Crippen LogP contribution is -2.42. The lowest BCUT2D eigenvalue weighted by molar-refractivity contribution is -0.137. The number of carboxylic acid groups (broad SMARTS) is 1. The third-order valence-corrected chi connectivity index (χ3v) is 5.75. The normalized spacial score (nSPS) is 15.5. The number of furan rings is 1. The van der Waals surface area contributed by atoms with Crippen LogP contribution >= 0.6 is 0 Å². The van der Waals surface area contributed by atoms with E-state index in [9.17, 15) is 31.5 Å². The zero-order valence-corrected chi connectivity index (χ0v) is 18.6. The first kappa shape index (κ1) is 25.1. The van der Waals surface area contributed by atoms with Gasteiger partial charge in [0.2, 0.25) is 0 Å². The summed E-state index contributed by atoms with van der Waals surface area (Å²) in [6.07, 6.45) is -5.68. The number of halogens is 5. The molecule has 0 saturated carbocycles. The largest absolute Gasteiger partial charge is 0.465 e. The quantitative estimate of drug-likeness (QED) is 0.433. The fourth-order valence-electron chi connectivity index (χ4n) is 3.84. The van der Waals surface area contributed by atoms with Crippen molar-refractivity contribution in [3.05, 3.63) is 65.5 Å². The van der Waals surface area contributed by atoms with Crippen LogP contribution in [0.25, 0.3) is 22.6 Å². The van der Waals surface area contributed by atoms with Gasteiger partial charge in [0.05, 0.1) is 23.4 Å². The highest BCUT2D eigenvalue weighted by Gasteiger charge is 2.36. The molecule has 12 heteroatoms. The zero-order valence-electron chi connectivity index (χ0n) is 18.6. The summed E-state index contributed by atoms with van der Waals surface area (Å²) in [5, 5.41) is 10.7. The Morgan fingerprint density at radius 3 is 2.42 bits per heavy atom. The predicted octanol–water partition coefficient (Wildman–Crippen LogP) is 5.67. The molecular weight excluding hydrogens is 489 g/mol. The molecule has 2 aromatic heterocycles. The van der Waals surface area contributed by atoms with Crippen molar-refractivity contribution in [1.82, 2.24) is 15.2 Å². The number of benzene rings is 1. The van der Waals surface area contributed by atoms with Crippen LogP contribution in [0.1, 0.15) is 34.5 Å². The maximum Gasteiger partial charge on any atom is 0.417 e. The van der Waals surface area contributed by atoms with Crippen molar-refractivity contribution in [1.29, 1.82) is 0 Å². The minimum absolute atomic E-state index is 0.0860. The van der Waals surface area contributed by atoms with Gasteiger partial charge in [-0.25, -0.2) is 13.6 Å². The number of nitrogens with zero attached hydrogens (tertiary/aromatic N) is 2. The standard InChI is InChI=1S/C24H20F5N3O4/c25-23(26)7-9-32(10-8-23)21(33)15-2-5-19(30-12-15)14-1-4-17(18(11-14)24(27,28)29)20-6-3-16(36-20)13-31-22(34)35/h1-6,11-12,31H,7-10,13H2,(H,34,35). The van der Waals surface area contributed by atoms with Gasteiger partial charge in [0, 0.05) is 43.3 Å². The number of rotatable bonds is 5. The number of alkyl halides is 5. The highest BCUT2D eigenvalue weighted by Crippen LogP contribution is 2.40. The molecule has 0 spiro atoms. The monoisotopic (exact) mass is 509 g/mol. The van der Waals surface area contributed by atoms with Crippen molar-refractivity contribution in [3.8, 4) is 22.6 Å². The topological polar surface area (TPSA) is 95.7 Å². The van der Waals surface area contributed by atoms with Crippen LogP contribution in [-0.2, 0) is 12.7 Å². The predicted molar refractivity (Wildman–Crippen MR) is 117 cm³/mol. The van der Waals surface area contributed by atoms with Gasteiger partial charge in [-0.15, -0.1) is 0 Å². The molecule has 7 nitrogen and oxygen atoms in total. The van der Waals surface area contributed by atoms with Crippen LogP contribution in [-0.4, -0.2) is 46.0 Å². The van der Waals surface area contributed by atoms with Gasteiger partial charge in [-0.2, -0.15) is 13.2 Å². The first-order valence-corrected chi connectivity index (χ1v) is 10.8. The number of pyridine rings is 1. The molecule has 0 unspecified atom stereocenters. The summed E-state index contributed by atoms with van der Waals surface area (Å²) in [6, 6.07) is 9.02. The number of nitrogens with one attached hydrogen (secondary N) is 1. The molecule has 2 amide bonds. The molecule has 190 valence electrons. The van der Waals surface area contributed by atoms with Gasteiger partial charge in [-0.05, 0) is 36.4 Å². The molecule has 1 saturated heterocycles. The van der Waals surface area contributed by atoms with E-state index >= 15 is 0 Å². The Bertz CT molecular complexity index is 1260. The second kappa shape index (κ2) is 9.59. The Kier molecular flexibility index (Phi) is 6.70. The highest BCUT2D eigenvalue weighted by atomic mass is 19.4. The van der Waals surface area contributed by atoms with E-state index in [4.69, 9.17) is 9.52 Å². The number of piperidine rings is 1. The Labute approximate surface area is 201 Å². The Morgan fingerprint density at radius 1 is 1.08 bits per heavy atom. The van der Waals surface area contributed by atoms with Crippen LogP contribution in [0.15, 0.2) is 53.1 Å². The number of hydrogen-bond acceptors (Lipinski definition) is 4. The van der Waals surface area contributed by atoms with Gasteiger partial charge in [0.15, 0.2) is 0 Å². The van der Waals surface area contributed by atoms with E-state index in [2.05, 4.69) is 10.3 Å². The summed E-state index contributed by atoms with van der Waals surface area (Å²) in [5.74, 6) is -3.21. The summed E-state index contributed by atoms with van der Waals surface area (Å²) in [4.78, 5) is 28.6. The van der Waals surface area contributed by atoms with Crippen LogP contribution in [0.2, 0.25) is 0 Å². The summed E-state index contributed by atoms with van der Waals surface area (Å²) in [7, 11) is 0. The molecule has 1 aliphatic heterocycles. The van der Waals surface area contributed by atoms with Crippen LogP contribution in [0, 0.1) is 0 Å². The van der Waals surface area contributed by atoms with Crippen molar-refractivity contribution in [2.24, 2.45) is 0 Å². The van der Waals surface area contributed by atoms with Gasteiger partial charge < -0.3 is 19.7 Å². The smallest absolute Gasteiger partial charge is 0.417 e. The van der Waals surface area contributed by atoms with Crippen molar-refractivity contribution >= 4 is 12.0 Å². The molecular formula is C24H20F5N3O4. The molecule has 1 aliphatic rings. The van der Waals surface area contributed by atoms with Gasteiger partial charge in [0.25, 0.3) is 11.8 Å². The lowest BCUT2D eigenvalue weighted by atomic mass is 9.99.